The van der Waals surface area contributed by atoms with E-state index in [0.29, 0.717) is 46.2 Å². The molecule has 0 aromatic heterocycles. The van der Waals surface area contributed by atoms with Crippen LogP contribution in [-0.2, 0) is 23.7 Å². The molecule has 0 aromatic rings. The van der Waals surface area contributed by atoms with Gasteiger partial charge in [-0.3, -0.25) is 0 Å². The van der Waals surface area contributed by atoms with Crippen molar-refractivity contribution in [2.75, 3.05) is 73.2 Å². The Balaban J connectivity index is 0. The summed E-state index contributed by atoms with van der Waals surface area (Å²) in [4.78, 5) is 0. The van der Waals surface area contributed by atoms with Gasteiger partial charge in [-0.2, -0.15) is 0 Å². The Bertz CT molecular complexity index is 120. The van der Waals surface area contributed by atoms with Crippen molar-refractivity contribution < 1.29 is 28.8 Å². The van der Waals surface area contributed by atoms with E-state index in [1.807, 2.05) is 13.8 Å². The van der Waals surface area contributed by atoms with Crippen LogP contribution in [-0.4, -0.2) is 78.3 Å². The lowest BCUT2D eigenvalue weighted by Crippen LogP contribution is -2.07. The predicted octanol–water partition coefficient (Wildman–Crippen LogP) is 0.718. The van der Waals surface area contributed by atoms with E-state index in [4.69, 9.17) is 28.8 Å². The lowest BCUT2D eigenvalue weighted by Gasteiger charge is -2.02. The minimum atomic E-state index is 0.0894. The molecule has 6 heteroatoms. The largest absolute Gasteiger partial charge is 0.394 e. The quantitative estimate of drug-likeness (QED) is 0.502. The summed E-state index contributed by atoms with van der Waals surface area (Å²) in [6.45, 7) is 9.74. The molecule has 118 valence electrons. The second kappa shape index (κ2) is 22.9. The fourth-order valence-electron chi connectivity index (χ4n) is 0.935. The summed E-state index contributed by atoms with van der Waals surface area (Å²) < 4.78 is 24.8. The number of rotatable bonds is 13. The molecule has 0 amide bonds. The summed E-state index contributed by atoms with van der Waals surface area (Å²) in [6, 6.07) is 0. The highest BCUT2D eigenvalue weighted by Crippen LogP contribution is 1.78. The molecule has 0 spiro atoms. The lowest BCUT2D eigenvalue weighted by atomic mass is 10.7. The molecule has 0 fully saturated rings. The minimum Gasteiger partial charge on any atom is -0.394 e. The summed E-state index contributed by atoms with van der Waals surface area (Å²) in [5, 5.41) is 8.26. The molecule has 0 atom stereocenters. The number of aliphatic hydroxyl groups is 1. The van der Waals surface area contributed by atoms with E-state index in [0.717, 1.165) is 13.2 Å². The summed E-state index contributed by atoms with van der Waals surface area (Å²) in [7, 11) is 1.66. The molecule has 0 aromatic carbocycles. The number of hydrogen-bond acceptors (Lipinski definition) is 6. The topological polar surface area (TPSA) is 66.4 Å². The monoisotopic (exact) mass is 282 g/mol. The van der Waals surface area contributed by atoms with Crippen molar-refractivity contribution in [2.45, 2.75) is 13.8 Å². The van der Waals surface area contributed by atoms with E-state index in [-0.39, 0.29) is 6.61 Å². The van der Waals surface area contributed by atoms with Gasteiger partial charge in [0.25, 0.3) is 0 Å². The Morgan fingerprint density at radius 2 is 1.05 bits per heavy atom. The van der Waals surface area contributed by atoms with E-state index < -0.39 is 0 Å². The first-order chi connectivity index (χ1) is 9.33. The normalized spacial score (nSPS) is 10.1. The zero-order valence-electron chi connectivity index (χ0n) is 12.6. The van der Waals surface area contributed by atoms with Gasteiger partial charge >= 0.3 is 0 Å². The van der Waals surface area contributed by atoms with Gasteiger partial charge in [0.15, 0.2) is 0 Å². The van der Waals surface area contributed by atoms with Crippen molar-refractivity contribution in [1.29, 1.82) is 0 Å². The van der Waals surface area contributed by atoms with Gasteiger partial charge in [-0.1, -0.05) is 0 Å². The van der Waals surface area contributed by atoms with Gasteiger partial charge in [-0.15, -0.1) is 0 Å². The fourth-order valence-corrected chi connectivity index (χ4v) is 0.935. The van der Waals surface area contributed by atoms with Gasteiger partial charge < -0.3 is 28.8 Å². The van der Waals surface area contributed by atoms with Crippen LogP contribution in [0.5, 0.6) is 0 Å². The maximum Gasteiger partial charge on any atom is 0.0701 e. The maximum absolute atomic E-state index is 8.26. The van der Waals surface area contributed by atoms with E-state index >= 15 is 0 Å². The molecule has 0 heterocycles. The van der Waals surface area contributed by atoms with E-state index in [2.05, 4.69) is 0 Å². The molecule has 0 unspecified atom stereocenters. The molecule has 6 nitrogen and oxygen atoms in total. The SMILES string of the molecule is CCOCCOCCO.CCOCCOCCOC. The molecular formula is C13H30O6. The summed E-state index contributed by atoms with van der Waals surface area (Å²) in [6.07, 6.45) is 0. The van der Waals surface area contributed by atoms with E-state index in [1.54, 1.807) is 7.11 Å². The van der Waals surface area contributed by atoms with Crippen LogP contribution in [0.4, 0.5) is 0 Å². The van der Waals surface area contributed by atoms with Crippen LogP contribution in [0.2, 0.25) is 0 Å². The second-order valence-corrected chi connectivity index (χ2v) is 3.33. The van der Waals surface area contributed by atoms with Gasteiger partial charge in [0.2, 0.25) is 0 Å². The molecule has 0 radical (unpaired) electrons. The van der Waals surface area contributed by atoms with Crippen molar-refractivity contribution >= 4 is 0 Å². The van der Waals surface area contributed by atoms with E-state index in [1.165, 1.54) is 0 Å². The first-order valence-electron chi connectivity index (χ1n) is 6.74. The second-order valence-electron chi connectivity index (χ2n) is 3.33. The Hall–Kier alpha value is -0.240. The Labute approximate surface area is 116 Å². The Morgan fingerprint density at radius 3 is 1.47 bits per heavy atom. The third-order valence-corrected chi connectivity index (χ3v) is 1.82. The molecule has 19 heavy (non-hydrogen) atoms. The number of ether oxygens (including phenoxy) is 5. The number of methoxy groups -OCH3 is 1. The Kier molecular flexibility index (Phi) is 25.4. The van der Waals surface area contributed by atoms with Crippen LogP contribution in [0.25, 0.3) is 0 Å². The molecular weight excluding hydrogens is 252 g/mol. The van der Waals surface area contributed by atoms with E-state index in [9.17, 15) is 0 Å². The molecule has 0 aliphatic heterocycles. The van der Waals surface area contributed by atoms with Crippen molar-refractivity contribution in [3.05, 3.63) is 0 Å². The van der Waals surface area contributed by atoms with Crippen molar-refractivity contribution in [2.24, 2.45) is 0 Å². The average Bonchev–Trinajstić information content (AvgIpc) is 2.43. The predicted molar refractivity (Wildman–Crippen MR) is 73.6 cm³/mol. The highest BCUT2D eigenvalue weighted by Gasteiger charge is 1.86. The van der Waals surface area contributed by atoms with Gasteiger partial charge in [-0.25, -0.2) is 0 Å². The van der Waals surface area contributed by atoms with Crippen molar-refractivity contribution in [3.8, 4) is 0 Å². The summed E-state index contributed by atoms with van der Waals surface area (Å²) in [5.74, 6) is 0. The van der Waals surface area contributed by atoms with Crippen LogP contribution < -0.4 is 0 Å². The van der Waals surface area contributed by atoms with Crippen molar-refractivity contribution in [1.82, 2.24) is 0 Å². The third-order valence-electron chi connectivity index (χ3n) is 1.82. The first-order valence-corrected chi connectivity index (χ1v) is 6.74. The maximum atomic E-state index is 8.26. The van der Waals surface area contributed by atoms with Gasteiger partial charge in [0.05, 0.1) is 52.9 Å². The van der Waals surface area contributed by atoms with Crippen molar-refractivity contribution in [3.63, 3.8) is 0 Å². The number of aliphatic hydroxyl groups excluding tert-OH is 1. The van der Waals surface area contributed by atoms with Crippen LogP contribution >= 0.6 is 0 Å². The summed E-state index contributed by atoms with van der Waals surface area (Å²) in [5.41, 5.74) is 0. The number of hydrogen-bond donors (Lipinski definition) is 1. The minimum absolute atomic E-state index is 0.0894. The molecule has 1 N–H and O–H groups in total. The van der Waals surface area contributed by atoms with Gasteiger partial charge in [0.1, 0.15) is 0 Å². The van der Waals surface area contributed by atoms with Crippen LogP contribution in [0.1, 0.15) is 13.8 Å². The van der Waals surface area contributed by atoms with Gasteiger partial charge in [0, 0.05) is 20.3 Å². The molecule has 0 saturated heterocycles. The average molecular weight is 282 g/mol. The third kappa shape index (κ3) is 27.1. The highest BCUT2D eigenvalue weighted by atomic mass is 16.5. The summed E-state index contributed by atoms with van der Waals surface area (Å²) >= 11 is 0. The zero-order chi connectivity index (χ0) is 14.6. The fraction of sp³-hybridized carbons (Fsp3) is 1.00. The molecule has 0 saturated carbocycles. The Morgan fingerprint density at radius 1 is 0.632 bits per heavy atom. The smallest absolute Gasteiger partial charge is 0.0701 e. The zero-order valence-corrected chi connectivity index (χ0v) is 12.6. The molecule has 0 aliphatic rings. The standard InChI is InChI=1S/C7H16O3.C6H14O3/c1-3-9-6-7-10-5-4-8-2;1-2-8-5-6-9-4-3-7/h3-7H2,1-2H3;7H,2-6H2,1H3. The van der Waals surface area contributed by atoms with Crippen LogP contribution in [0, 0.1) is 0 Å². The van der Waals surface area contributed by atoms with Crippen LogP contribution in [0.3, 0.4) is 0 Å². The van der Waals surface area contributed by atoms with Gasteiger partial charge in [-0.05, 0) is 13.8 Å². The molecule has 0 rings (SSSR count). The lowest BCUT2D eigenvalue weighted by molar-refractivity contribution is 0.0280. The highest BCUT2D eigenvalue weighted by molar-refractivity contribution is 4.29. The first kappa shape index (κ1) is 21.1. The molecule has 0 bridgehead atoms. The van der Waals surface area contributed by atoms with Crippen LogP contribution in [0.15, 0.2) is 0 Å². The molecule has 0 aliphatic carbocycles.